The molecule has 1 amide bonds. The third kappa shape index (κ3) is 4.04. The molecule has 1 N–H and O–H groups in total. The lowest BCUT2D eigenvalue weighted by Gasteiger charge is -2.22. The number of benzene rings is 2. The van der Waals surface area contributed by atoms with Gasteiger partial charge in [-0.05, 0) is 49.2 Å². The molecule has 4 rings (SSSR count). The van der Waals surface area contributed by atoms with Crippen molar-refractivity contribution in [3.63, 3.8) is 0 Å². The lowest BCUT2D eigenvalue weighted by atomic mass is 10.2. The second kappa shape index (κ2) is 7.97. The number of nitrogens with zero attached hydrogens (tertiary/aromatic N) is 3. The van der Waals surface area contributed by atoms with E-state index in [4.69, 9.17) is 0 Å². The van der Waals surface area contributed by atoms with Crippen molar-refractivity contribution in [3.8, 4) is 0 Å². The van der Waals surface area contributed by atoms with Gasteiger partial charge in [-0.2, -0.15) is 4.31 Å². The van der Waals surface area contributed by atoms with Crippen molar-refractivity contribution < 1.29 is 17.6 Å². The molecule has 150 valence electrons. The second-order valence-corrected chi connectivity index (χ2v) is 9.39. The lowest BCUT2D eigenvalue weighted by Crippen LogP contribution is -2.30. The van der Waals surface area contributed by atoms with Gasteiger partial charge in [-0.1, -0.05) is 29.5 Å². The number of amides is 1. The summed E-state index contributed by atoms with van der Waals surface area (Å²) in [6.07, 6.45) is 1.24. The van der Waals surface area contributed by atoms with E-state index in [2.05, 4.69) is 15.5 Å². The quantitative estimate of drug-likeness (QED) is 0.667. The molecular weight excluding hydrogens is 415 g/mol. The van der Waals surface area contributed by atoms with Crippen molar-refractivity contribution in [1.82, 2.24) is 14.5 Å². The van der Waals surface area contributed by atoms with Crippen molar-refractivity contribution in [2.75, 3.05) is 11.9 Å². The number of aromatic nitrogens is 2. The number of carbonyl (C=O) groups is 1. The summed E-state index contributed by atoms with van der Waals surface area (Å²) in [7, 11) is -3.81. The molecule has 7 nitrogen and oxygen atoms in total. The molecular formula is C19H17FN4O3S2. The van der Waals surface area contributed by atoms with Crippen molar-refractivity contribution in [3.05, 3.63) is 70.4 Å². The van der Waals surface area contributed by atoms with Crippen LogP contribution in [0.25, 0.3) is 0 Å². The maximum atomic E-state index is 13.2. The number of anilines is 1. The molecule has 2 aromatic carbocycles. The Labute approximate surface area is 171 Å². The first-order valence-electron chi connectivity index (χ1n) is 8.92. The van der Waals surface area contributed by atoms with Gasteiger partial charge in [0.1, 0.15) is 10.8 Å². The molecule has 1 fully saturated rings. The smallest absolute Gasteiger partial charge is 0.286 e. The van der Waals surface area contributed by atoms with E-state index in [0.717, 1.165) is 23.5 Å². The highest BCUT2D eigenvalue weighted by molar-refractivity contribution is 7.89. The van der Waals surface area contributed by atoms with Crippen LogP contribution in [0.4, 0.5) is 10.1 Å². The summed E-state index contributed by atoms with van der Waals surface area (Å²) in [5, 5.41) is 11.4. The summed E-state index contributed by atoms with van der Waals surface area (Å²) in [5.74, 6) is -0.897. The first kappa shape index (κ1) is 19.6. The monoisotopic (exact) mass is 432 g/mol. The van der Waals surface area contributed by atoms with Crippen molar-refractivity contribution >= 4 is 33.0 Å². The highest BCUT2D eigenvalue weighted by Gasteiger charge is 2.38. The molecule has 0 bridgehead atoms. The van der Waals surface area contributed by atoms with E-state index in [1.807, 2.05) is 6.07 Å². The minimum absolute atomic E-state index is 0.0253. The minimum atomic E-state index is -3.81. The van der Waals surface area contributed by atoms with Crippen LogP contribution in [0.3, 0.4) is 0 Å². The lowest BCUT2D eigenvalue weighted by molar-refractivity contribution is 0.102. The largest absolute Gasteiger partial charge is 0.320 e. The molecule has 0 radical (unpaired) electrons. The Bertz CT molecular complexity index is 1120. The van der Waals surface area contributed by atoms with Gasteiger partial charge in [0.2, 0.25) is 15.0 Å². The summed E-state index contributed by atoms with van der Waals surface area (Å²) >= 11 is 1.07. The molecule has 0 spiro atoms. The molecule has 1 saturated heterocycles. The summed E-state index contributed by atoms with van der Waals surface area (Å²) < 4.78 is 40.5. The maximum Gasteiger partial charge on any atom is 0.286 e. The third-order valence-corrected chi connectivity index (χ3v) is 7.52. The van der Waals surface area contributed by atoms with Crippen LogP contribution in [0.15, 0.2) is 59.5 Å². The number of carbonyl (C=O) groups excluding carboxylic acids is 1. The molecule has 3 aromatic rings. The van der Waals surface area contributed by atoms with Gasteiger partial charge in [0, 0.05) is 12.2 Å². The van der Waals surface area contributed by atoms with Gasteiger partial charge in [-0.25, -0.2) is 12.8 Å². The van der Waals surface area contributed by atoms with Crippen LogP contribution < -0.4 is 5.32 Å². The zero-order chi connectivity index (χ0) is 20.4. The van der Waals surface area contributed by atoms with E-state index in [0.29, 0.717) is 30.1 Å². The van der Waals surface area contributed by atoms with Gasteiger partial charge in [-0.3, -0.25) is 4.79 Å². The fraction of sp³-hybridized carbons (Fsp3) is 0.211. The number of nitrogens with one attached hydrogen (secondary N) is 1. The van der Waals surface area contributed by atoms with Crippen LogP contribution in [0.1, 0.15) is 33.7 Å². The van der Waals surface area contributed by atoms with E-state index >= 15 is 0 Å². The molecule has 1 atom stereocenters. The van der Waals surface area contributed by atoms with E-state index in [1.165, 1.54) is 16.4 Å². The van der Waals surface area contributed by atoms with Gasteiger partial charge in [-0.15, -0.1) is 10.2 Å². The van der Waals surface area contributed by atoms with Gasteiger partial charge in [0.05, 0.1) is 10.9 Å². The standard InChI is InChI=1S/C19H17FN4O3S2/c20-13-8-10-15(11-9-13)29(26,27)24-12-4-7-16(24)18-22-23-19(28-18)17(25)21-14-5-2-1-3-6-14/h1-3,5-6,8-11,16H,4,7,12H2,(H,21,25)/t16-/m0/s1. The number of rotatable bonds is 5. The average Bonchev–Trinajstić information content (AvgIpc) is 3.39. The fourth-order valence-electron chi connectivity index (χ4n) is 3.18. The first-order chi connectivity index (χ1) is 13.9. The van der Waals surface area contributed by atoms with E-state index < -0.39 is 27.8 Å². The molecule has 2 heterocycles. The van der Waals surface area contributed by atoms with Gasteiger partial charge in [0.25, 0.3) is 5.91 Å². The maximum absolute atomic E-state index is 13.2. The summed E-state index contributed by atoms with van der Waals surface area (Å²) in [4.78, 5) is 12.4. The van der Waals surface area contributed by atoms with Crippen LogP contribution in [0.2, 0.25) is 0 Å². The first-order valence-corrected chi connectivity index (χ1v) is 11.2. The predicted octanol–water partition coefficient (Wildman–Crippen LogP) is 3.46. The molecule has 10 heteroatoms. The number of para-hydroxylation sites is 1. The Morgan fingerprint density at radius 3 is 2.55 bits per heavy atom. The fourth-order valence-corrected chi connectivity index (χ4v) is 5.80. The van der Waals surface area contributed by atoms with Crippen molar-refractivity contribution in [1.29, 1.82) is 0 Å². The van der Waals surface area contributed by atoms with Gasteiger partial charge < -0.3 is 5.32 Å². The molecule has 29 heavy (non-hydrogen) atoms. The van der Waals surface area contributed by atoms with E-state index in [1.54, 1.807) is 24.3 Å². The molecule has 0 aliphatic carbocycles. The number of hydrogen-bond donors (Lipinski definition) is 1. The molecule has 0 unspecified atom stereocenters. The molecule has 1 aliphatic heterocycles. The van der Waals surface area contributed by atoms with E-state index in [9.17, 15) is 17.6 Å². The normalized spacial score (nSPS) is 17.3. The zero-order valence-corrected chi connectivity index (χ0v) is 16.8. The Morgan fingerprint density at radius 2 is 1.83 bits per heavy atom. The highest BCUT2D eigenvalue weighted by Crippen LogP contribution is 2.37. The summed E-state index contributed by atoms with van der Waals surface area (Å²) in [5.41, 5.74) is 0.635. The second-order valence-electron chi connectivity index (χ2n) is 6.49. The highest BCUT2D eigenvalue weighted by atomic mass is 32.2. The number of sulfonamides is 1. The van der Waals surface area contributed by atoms with E-state index in [-0.39, 0.29) is 9.90 Å². The number of halogens is 1. The van der Waals surface area contributed by atoms with Crippen LogP contribution in [-0.4, -0.2) is 35.4 Å². The molecule has 1 aliphatic rings. The van der Waals surface area contributed by atoms with Crippen LogP contribution in [0.5, 0.6) is 0 Å². The van der Waals surface area contributed by atoms with Crippen molar-refractivity contribution in [2.45, 2.75) is 23.8 Å². The molecule has 0 saturated carbocycles. The Balaban J connectivity index is 1.55. The van der Waals surface area contributed by atoms with Crippen LogP contribution >= 0.6 is 11.3 Å². The minimum Gasteiger partial charge on any atom is -0.320 e. The Morgan fingerprint density at radius 1 is 1.10 bits per heavy atom. The summed E-state index contributed by atoms with van der Waals surface area (Å²) in [6, 6.07) is 13.2. The SMILES string of the molecule is O=C(Nc1ccccc1)c1nnc([C@@H]2CCCN2S(=O)(=O)c2ccc(F)cc2)s1. The average molecular weight is 433 g/mol. The van der Waals surface area contributed by atoms with Crippen LogP contribution in [-0.2, 0) is 10.0 Å². The third-order valence-electron chi connectivity index (χ3n) is 4.58. The predicted molar refractivity (Wildman–Crippen MR) is 107 cm³/mol. The van der Waals surface area contributed by atoms with Crippen LogP contribution in [0, 0.1) is 5.82 Å². The Kier molecular flexibility index (Phi) is 5.39. The summed E-state index contributed by atoms with van der Waals surface area (Å²) in [6.45, 7) is 0.329. The van der Waals surface area contributed by atoms with Gasteiger partial charge in [0.15, 0.2) is 0 Å². The topological polar surface area (TPSA) is 92.3 Å². The molecule has 1 aromatic heterocycles. The van der Waals surface area contributed by atoms with Crippen molar-refractivity contribution in [2.24, 2.45) is 0 Å². The van der Waals surface area contributed by atoms with Gasteiger partial charge >= 0.3 is 0 Å². The number of hydrogen-bond acceptors (Lipinski definition) is 6. The Hall–Kier alpha value is -2.69. The zero-order valence-electron chi connectivity index (χ0n) is 15.2.